The van der Waals surface area contributed by atoms with E-state index in [1.807, 2.05) is 26.0 Å². The van der Waals surface area contributed by atoms with E-state index in [1.165, 1.54) is 5.56 Å². The number of pyridine rings is 1. The minimum absolute atomic E-state index is 0.261. The van der Waals surface area contributed by atoms with Crippen LogP contribution in [-0.2, 0) is 26.5 Å². The van der Waals surface area contributed by atoms with E-state index in [4.69, 9.17) is 4.74 Å². The summed E-state index contributed by atoms with van der Waals surface area (Å²) in [5.74, 6) is -1.50. The second kappa shape index (κ2) is 12.8. The Kier molecular flexibility index (Phi) is 9.26. The maximum atomic E-state index is 16.1. The molecule has 0 saturated carbocycles. The number of nitrogens with zero attached hydrogens (tertiary/aromatic N) is 3. The third-order valence-electron chi connectivity index (χ3n) is 8.59. The van der Waals surface area contributed by atoms with E-state index in [1.54, 1.807) is 47.4 Å². The van der Waals surface area contributed by atoms with Crippen molar-refractivity contribution in [3.8, 4) is 11.3 Å². The molecule has 226 valence electrons. The first-order valence-electron chi connectivity index (χ1n) is 14.5. The summed E-state index contributed by atoms with van der Waals surface area (Å²) in [5, 5.41) is 9.75. The van der Waals surface area contributed by atoms with E-state index >= 15 is 4.39 Å². The van der Waals surface area contributed by atoms with Crippen molar-refractivity contribution in [2.45, 2.75) is 63.7 Å². The molecule has 11 heteroatoms. The Morgan fingerprint density at radius 2 is 1.91 bits per heavy atom. The van der Waals surface area contributed by atoms with Crippen LogP contribution in [-0.4, -0.2) is 50.6 Å². The summed E-state index contributed by atoms with van der Waals surface area (Å²) in [6, 6.07) is 15.7. The highest BCUT2D eigenvalue weighted by Crippen LogP contribution is 2.61. The normalized spacial score (nSPS) is 24.7. The highest BCUT2D eigenvalue weighted by molar-refractivity contribution is 14.1. The molecule has 43 heavy (non-hydrogen) atoms. The highest BCUT2D eigenvalue weighted by atomic mass is 127. The molecule has 5 heterocycles. The number of hydrogen-bond acceptors (Lipinski definition) is 7. The lowest BCUT2D eigenvalue weighted by atomic mass is 9.80. The van der Waals surface area contributed by atoms with Gasteiger partial charge >= 0.3 is 0 Å². The number of halogens is 2. The van der Waals surface area contributed by atoms with Gasteiger partial charge in [0, 0.05) is 72.3 Å². The quantitative estimate of drug-likeness (QED) is 0.109. The summed E-state index contributed by atoms with van der Waals surface area (Å²) in [5.41, 5.74) is 3.80. The molecule has 7 rings (SSSR count). The van der Waals surface area contributed by atoms with E-state index in [2.05, 4.69) is 60.5 Å². The number of rotatable bonds is 5. The van der Waals surface area contributed by atoms with E-state index in [0.29, 0.717) is 41.4 Å². The Hall–Kier alpha value is -3.26. The van der Waals surface area contributed by atoms with Crippen LogP contribution in [0, 0.1) is 5.82 Å². The van der Waals surface area contributed by atoms with Crippen molar-refractivity contribution in [3.05, 3.63) is 83.4 Å². The van der Waals surface area contributed by atoms with E-state index in [0.717, 1.165) is 24.3 Å². The monoisotopic (exact) mass is 698 g/mol. The van der Waals surface area contributed by atoms with Gasteiger partial charge in [-0.15, -0.1) is 0 Å². The molecule has 3 aliphatic heterocycles. The molecule has 0 spiro atoms. The maximum Gasteiger partial charge on any atom is 0.234 e. The molecule has 9 nitrogen and oxygen atoms in total. The Balaban J connectivity index is 0.000000885. The summed E-state index contributed by atoms with van der Waals surface area (Å²) in [4.78, 5) is 30.7. The number of hydrogen-bond donors (Lipinski definition) is 3. The van der Waals surface area contributed by atoms with E-state index in [9.17, 15) is 9.59 Å². The van der Waals surface area contributed by atoms with Crippen LogP contribution in [0.15, 0.2) is 60.9 Å². The smallest absolute Gasteiger partial charge is 0.234 e. The Morgan fingerprint density at radius 3 is 2.58 bits per heavy atom. The van der Waals surface area contributed by atoms with Gasteiger partial charge in [-0.2, -0.15) is 5.10 Å². The molecule has 3 saturated heterocycles. The first-order chi connectivity index (χ1) is 20.8. The fourth-order valence-corrected chi connectivity index (χ4v) is 6.42. The molecule has 2 aromatic heterocycles. The van der Waals surface area contributed by atoms with Gasteiger partial charge in [0.15, 0.2) is 0 Å². The highest BCUT2D eigenvalue weighted by Gasteiger charge is 2.70. The standard InChI is InChI=1S/C30H28FN5O3.C2H6.H2IN/c1-29-17-36(16-18-2-4-19(5-3-18)24-10-12-33-35-24)13-11-30(29,39-29)23-7-8-25-22(27(23)31)14-20(15-32-25)21-6-9-26(37)34-28(21)38;2*1-2/h2-5,7-8,10,12,14-15,21H,6,9,11,13,16-17H2,1H3,(H,33,35)(H,34,37,38);1-2H3;2H2. The number of imide groups is 1. The zero-order chi connectivity index (χ0) is 30.8. The second-order valence-electron chi connectivity index (χ2n) is 11.1. The van der Waals surface area contributed by atoms with Gasteiger partial charge in [-0.05, 0) is 54.7 Å². The Bertz CT molecular complexity index is 1620. The predicted molar refractivity (Wildman–Crippen MR) is 171 cm³/mol. The van der Waals surface area contributed by atoms with Gasteiger partial charge in [0.05, 0.1) is 17.1 Å². The molecule has 3 unspecified atom stereocenters. The lowest BCUT2D eigenvalue weighted by molar-refractivity contribution is -0.134. The molecule has 0 aliphatic carbocycles. The number of fused-ring (bicyclic) bond motifs is 2. The molecule has 2 aromatic carbocycles. The third kappa shape index (κ3) is 5.83. The fourth-order valence-electron chi connectivity index (χ4n) is 6.42. The third-order valence-corrected chi connectivity index (χ3v) is 8.59. The summed E-state index contributed by atoms with van der Waals surface area (Å²) < 4.78 is 26.9. The minimum atomic E-state index is -0.684. The van der Waals surface area contributed by atoms with Crippen molar-refractivity contribution in [1.29, 1.82) is 0 Å². The van der Waals surface area contributed by atoms with Crippen LogP contribution in [0.25, 0.3) is 22.2 Å². The van der Waals surface area contributed by atoms with Crippen molar-refractivity contribution in [2.75, 3.05) is 13.1 Å². The predicted octanol–water partition coefficient (Wildman–Crippen LogP) is 5.50. The lowest BCUT2D eigenvalue weighted by Gasteiger charge is -2.33. The number of benzene rings is 2. The Labute approximate surface area is 264 Å². The van der Waals surface area contributed by atoms with Crippen molar-refractivity contribution in [1.82, 2.24) is 25.4 Å². The first kappa shape index (κ1) is 31.2. The van der Waals surface area contributed by atoms with Crippen LogP contribution in [0.4, 0.5) is 4.39 Å². The number of amides is 2. The van der Waals surface area contributed by atoms with Gasteiger partial charge in [0.2, 0.25) is 11.8 Å². The summed E-state index contributed by atoms with van der Waals surface area (Å²) in [6.45, 7) is 8.32. The number of likely N-dealkylation sites (tertiary alicyclic amines) is 1. The molecule has 3 aliphatic rings. The molecular weight excluding hydrogens is 662 g/mol. The summed E-state index contributed by atoms with van der Waals surface area (Å²) in [6.07, 6.45) is 4.69. The molecule has 4 aromatic rings. The minimum Gasteiger partial charge on any atom is -0.356 e. The average Bonchev–Trinajstić information content (AvgIpc) is 3.33. The van der Waals surface area contributed by atoms with Gasteiger partial charge in [-0.1, -0.05) is 44.2 Å². The lowest BCUT2D eigenvalue weighted by Crippen LogP contribution is -2.44. The van der Waals surface area contributed by atoms with Crippen LogP contribution in [0.2, 0.25) is 0 Å². The summed E-state index contributed by atoms with van der Waals surface area (Å²) >= 11 is 1.65. The van der Waals surface area contributed by atoms with Crippen LogP contribution in [0.5, 0.6) is 0 Å². The van der Waals surface area contributed by atoms with Gasteiger partial charge in [0.25, 0.3) is 0 Å². The molecule has 4 N–H and O–H groups in total. The van der Waals surface area contributed by atoms with Crippen LogP contribution in [0.1, 0.15) is 62.6 Å². The Morgan fingerprint density at radius 1 is 1.14 bits per heavy atom. The zero-order valence-electron chi connectivity index (χ0n) is 24.5. The molecule has 0 bridgehead atoms. The number of ether oxygens (including phenoxy) is 1. The number of epoxide rings is 1. The number of carbonyl (C=O) groups is 2. The van der Waals surface area contributed by atoms with Crippen molar-refractivity contribution in [2.24, 2.45) is 3.95 Å². The van der Waals surface area contributed by atoms with Gasteiger partial charge in [0.1, 0.15) is 17.0 Å². The SMILES string of the molecule is CC.CC12CN(Cc3ccc(-c4ccn[nH]4)cc3)CCC1(c1ccc3ncc(C4CCC(=O)NC4=O)cc3c1F)O2.NI. The van der Waals surface area contributed by atoms with E-state index < -0.39 is 17.1 Å². The molecule has 0 radical (unpaired) electrons. The molecule has 3 fully saturated rings. The maximum absolute atomic E-state index is 16.1. The van der Waals surface area contributed by atoms with Gasteiger partial charge in [-0.25, -0.2) is 4.39 Å². The molecule has 2 amide bonds. The van der Waals surface area contributed by atoms with Crippen LogP contribution in [0.3, 0.4) is 0 Å². The number of nitrogens with two attached hydrogens (primary N) is 1. The number of piperidine rings is 2. The van der Waals surface area contributed by atoms with Crippen molar-refractivity contribution in [3.63, 3.8) is 0 Å². The number of nitrogens with one attached hydrogen (secondary N) is 2. The van der Waals surface area contributed by atoms with Crippen LogP contribution >= 0.6 is 22.9 Å². The summed E-state index contributed by atoms with van der Waals surface area (Å²) in [7, 11) is 0. The van der Waals surface area contributed by atoms with Crippen molar-refractivity contribution < 1.29 is 18.7 Å². The second-order valence-corrected chi connectivity index (χ2v) is 11.1. The zero-order valence-corrected chi connectivity index (χ0v) is 26.7. The topological polar surface area (TPSA) is 130 Å². The largest absolute Gasteiger partial charge is 0.356 e. The number of aromatic nitrogens is 3. The number of carbonyl (C=O) groups excluding carboxylic acids is 2. The van der Waals surface area contributed by atoms with Crippen molar-refractivity contribution >= 4 is 45.6 Å². The number of aromatic amines is 1. The van der Waals surface area contributed by atoms with Gasteiger partial charge in [-0.3, -0.25) is 33.8 Å². The van der Waals surface area contributed by atoms with Gasteiger partial charge < -0.3 is 4.74 Å². The first-order valence-corrected chi connectivity index (χ1v) is 15.8. The number of H-pyrrole nitrogens is 1. The molecular formula is C32H36FIN6O3. The van der Waals surface area contributed by atoms with E-state index in [-0.39, 0.29) is 24.1 Å². The van der Waals surface area contributed by atoms with Crippen LogP contribution < -0.4 is 9.26 Å². The fraction of sp³-hybridized carbons (Fsp3) is 0.375. The average molecular weight is 699 g/mol. The molecule has 3 atom stereocenters.